The highest BCUT2D eigenvalue weighted by atomic mass is 35.7. The van der Waals surface area contributed by atoms with Crippen molar-refractivity contribution in [2.24, 2.45) is 0 Å². The zero-order valence-corrected chi connectivity index (χ0v) is 25.0. The maximum Gasteiger partial charge on any atom is 0.305 e. The Labute approximate surface area is 254 Å². The number of carbonyl (C=O) groups excluding carboxylic acids is 1. The molecule has 0 heterocycles. The highest BCUT2D eigenvalue weighted by molar-refractivity contribution is 8.13. The van der Waals surface area contributed by atoms with Crippen LogP contribution < -0.4 is 14.2 Å². The van der Waals surface area contributed by atoms with Crippen molar-refractivity contribution in [1.29, 1.82) is 0 Å². The molecule has 0 saturated carbocycles. The number of hydrogen-bond acceptors (Lipinski definition) is 8. The second-order valence-electron chi connectivity index (χ2n) is 8.84. The number of ether oxygens (including phenoxy) is 2. The number of benzene rings is 4. The van der Waals surface area contributed by atoms with E-state index in [1.807, 2.05) is 60.7 Å². The monoisotopic (exact) mass is 645 g/mol. The number of carboxylic acid groups (broad SMARTS) is 1. The molecule has 1 atom stereocenters. The van der Waals surface area contributed by atoms with Crippen LogP contribution in [0.5, 0.6) is 11.5 Å². The Hall–Kier alpha value is -4.23. The molecule has 0 spiro atoms. The molecule has 0 fully saturated rings. The third-order valence-electron chi connectivity index (χ3n) is 5.59. The molecule has 0 aliphatic rings. The summed E-state index contributed by atoms with van der Waals surface area (Å²) in [6.07, 6.45) is -0.394. The lowest BCUT2D eigenvalue weighted by Crippen LogP contribution is -2.37. The van der Waals surface area contributed by atoms with Crippen LogP contribution in [0, 0.1) is 0 Å². The molecule has 43 heavy (non-hydrogen) atoms. The first-order chi connectivity index (χ1) is 20.5. The molecule has 226 valence electrons. The van der Waals surface area contributed by atoms with E-state index in [4.69, 9.17) is 25.3 Å². The van der Waals surface area contributed by atoms with Crippen LogP contribution in [-0.4, -0.2) is 40.2 Å². The molecule has 0 aliphatic heterocycles. The van der Waals surface area contributed by atoms with Gasteiger partial charge in [0.1, 0.15) is 40.8 Å². The molecule has 4 rings (SSSR count). The molecular formula is C30H28ClNO9S2. The van der Waals surface area contributed by atoms with E-state index >= 15 is 0 Å². The van der Waals surface area contributed by atoms with E-state index in [0.717, 1.165) is 11.1 Å². The summed E-state index contributed by atoms with van der Waals surface area (Å²) in [4.78, 5) is 21.4. The van der Waals surface area contributed by atoms with Crippen LogP contribution in [0.3, 0.4) is 0 Å². The van der Waals surface area contributed by atoms with Crippen LogP contribution in [0.2, 0.25) is 0 Å². The average molecular weight is 646 g/mol. The van der Waals surface area contributed by atoms with E-state index in [1.54, 1.807) is 24.3 Å². The molecule has 13 heteroatoms. The second-order valence-corrected chi connectivity index (χ2v) is 13.1. The predicted octanol–water partition coefficient (Wildman–Crippen LogP) is 4.78. The van der Waals surface area contributed by atoms with E-state index in [9.17, 15) is 26.4 Å². The van der Waals surface area contributed by atoms with Crippen LogP contribution >= 0.6 is 10.7 Å². The number of carboxylic acids is 1. The van der Waals surface area contributed by atoms with Crippen molar-refractivity contribution >= 4 is 42.0 Å². The normalized spacial score (nSPS) is 11.8. The maximum atomic E-state index is 12.5. The zero-order chi connectivity index (χ0) is 31.3. The first kappa shape index (κ1) is 33.3. The smallest absolute Gasteiger partial charge is 0.305 e. The highest BCUT2D eigenvalue weighted by Gasteiger charge is 2.25. The zero-order valence-electron chi connectivity index (χ0n) is 22.6. The van der Waals surface area contributed by atoms with Gasteiger partial charge in [-0.05, 0) is 35.4 Å². The van der Waals surface area contributed by atoms with E-state index in [1.165, 1.54) is 24.3 Å². The molecule has 0 aliphatic carbocycles. The number of sulfonamides is 1. The van der Waals surface area contributed by atoms with Gasteiger partial charge in [-0.25, -0.2) is 21.6 Å². The van der Waals surface area contributed by atoms with Gasteiger partial charge in [-0.3, -0.25) is 4.79 Å². The Bertz CT molecular complexity index is 1720. The molecule has 4 aromatic rings. The highest BCUT2D eigenvalue weighted by Crippen LogP contribution is 2.27. The van der Waals surface area contributed by atoms with Gasteiger partial charge in [-0.2, -0.15) is 0 Å². The first-order valence-electron chi connectivity index (χ1n) is 12.6. The lowest BCUT2D eigenvalue weighted by Gasteiger charge is -2.15. The number of rotatable bonds is 13. The molecule has 0 bridgehead atoms. The number of carbonyl (C=O) groups is 2. The Morgan fingerprint density at radius 3 is 1.58 bits per heavy atom. The molecule has 1 unspecified atom stereocenters. The summed E-state index contributed by atoms with van der Waals surface area (Å²) in [5.74, 6) is -0.913. The molecule has 10 nitrogen and oxygen atoms in total. The summed E-state index contributed by atoms with van der Waals surface area (Å²) in [5, 5.41) is 8.73. The summed E-state index contributed by atoms with van der Waals surface area (Å²) >= 11 is 0. The lowest BCUT2D eigenvalue weighted by atomic mass is 10.2. The maximum absolute atomic E-state index is 12.5. The third kappa shape index (κ3) is 10.8. The SMILES string of the molecule is O=CC(CC(=O)O)NS(=O)(=O)c1ccccc1OCc1ccccc1.O=S(=O)(Cl)c1ccccc1OCc1ccccc1. The van der Waals surface area contributed by atoms with E-state index in [-0.39, 0.29) is 34.2 Å². The van der Waals surface area contributed by atoms with Crippen molar-refractivity contribution in [2.75, 3.05) is 0 Å². The number of aliphatic carboxylic acids is 1. The molecule has 0 amide bonds. The number of hydrogen-bond donors (Lipinski definition) is 2. The predicted molar refractivity (Wildman–Crippen MR) is 160 cm³/mol. The molecule has 2 N–H and O–H groups in total. The van der Waals surface area contributed by atoms with Crippen LogP contribution in [0.1, 0.15) is 17.5 Å². The van der Waals surface area contributed by atoms with Gasteiger partial charge in [0.15, 0.2) is 0 Å². The minimum Gasteiger partial charge on any atom is -0.487 e. The Kier molecular flexibility index (Phi) is 12.3. The number of halogens is 1. The molecule has 4 aromatic carbocycles. The summed E-state index contributed by atoms with van der Waals surface area (Å²) in [6.45, 7) is 0.462. The first-order valence-corrected chi connectivity index (χ1v) is 16.4. The van der Waals surface area contributed by atoms with Gasteiger partial charge < -0.3 is 19.4 Å². The standard InChI is InChI=1S/C17H17NO6S.C13H11ClO3S/c19-11-14(10-17(20)21)18-25(22,23)16-9-5-4-8-15(16)24-12-13-6-2-1-3-7-13;14-18(15,16)13-9-5-4-8-12(13)17-10-11-6-2-1-3-7-11/h1-9,11,14,18H,10,12H2,(H,20,21);1-9H,10H2. The van der Waals surface area contributed by atoms with Crippen molar-refractivity contribution in [3.05, 3.63) is 120 Å². The van der Waals surface area contributed by atoms with E-state index in [2.05, 4.69) is 4.72 Å². The van der Waals surface area contributed by atoms with Gasteiger partial charge in [0.05, 0.1) is 12.5 Å². The van der Waals surface area contributed by atoms with Crippen LogP contribution in [-0.2, 0) is 41.9 Å². The average Bonchev–Trinajstić information content (AvgIpc) is 2.99. The summed E-state index contributed by atoms with van der Waals surface area (Å²) in [5.41, 5.74) is 1.82. The third-order valence-corrected chi connectivity index (χ3v) is 8.48. The second kappa shape index (κ2) is 15.8. The Balaban J connectivity index is 0.000000248. The van der Waals surface area contributed by atoms with E-state index < -0.39 is 37.5 Å². The van der Waals surface area contributed by atoms with Crippen molar-refractivity contribution in [2.45, 2.75) is 35.5 Å². The fourth-order valence-corrected chi connectivity index (χ4v) is 5.91. The number of para-hydroxylation sites is 2. The van der Waals surface area contributed by atoms with Crippen molar-refractivity contribution in [3.63, 3.8) is 0 Å². The minimum absolute atomic E-state index is 0.0115. The fourth-order valence-electron chi connectivity index (χ4n) is 3.60. The van der Waals surface area contributed by atoms with E-state index in [0.29, 0.717) is 6.61 Å². The number of nitrogens with one attached hydrogen (secondary N) is 1. The van der Waals surface area contributed by atoms with Gasteiger partial charge in [0.25, 0.3) is 9.05 Å². The van der Waals surface area contributed by atoms with Crippen molar-refractivity contribution in [1.82, 2.24) is 4.72 Å². The van der Waals surface area contributed by atoms with Gasteiger partial charge in [-0.15, -0.1) is 0 Å². The molecular weight excluding hydrogens is 618 g/mol. The summed E-state index contributed by atoms with van der Waals surface area (Å²) in [7, 11) is -2.57. The lowest BCUT2D eigenvalue weighted by molar-refractivity contribution is -0.138. The fraction of sp³-hybridized carbons (Fsp3) is 0.133. The van der Waals surface area contributed by atoms with Gasteiger partial charge in [0.2, 0.25) is 10.0 Å². The van der Waals surface area contributed by atoms with Gasteiger partial charge >= 0.3 is 5.97 Å². The van der Waals surface area contributed by atoms with Crippen molar-refractivity contribution in [3.8, 4) is 11.5 Å². The van der Waals surface area contributed by atoms with Crippen LogP contribution in [0.15, 0.2) is 119 Å². The van der Waals surface area contributed by atoms with Crippen LogP contribution in [0.4, 0.5) is 0 Å². The topological polar surface area (TPSA) is 153 Å². The minimum atomic E-state index is -4.12. The largest absolute Gasteiger partial charge is 0.487 e. The van der Waals surface area contributed by atoms with Gasteiger partial charge in [0, 0.05) is 10.7 Å². The van der Waals surface area contributed by atoms with Crippen LogP contribution in [0.25, 0.3) is 0 Å². The summed E-state index contributed by atoms with van der Waals surface area (Å²) in [6, 6.07) is 29.6. The van der Waals surface area contributed by atoms with Crippen molar-refractivity contribution < 1.29 is 41.0 Å². The molecule has 0 saturated heterocycles. The Morgan fingerprint density at radius 1 is 0.721 bits per heavy atom. The van der Waals surface area contributed by atoms with Gasteiger partial charge in [-0.1, -0.05) is 84.9 Å². The molecule has 0 radical (unpaired) electrons. The summed E-state index contributed by atoms with van der Waals surface area (Å²) < 4.78 is 60.8. The molecule has 0 aromatic heterocycles. The number of aldehydes is 1. The quantitative estimate of drug-likeness (QED) is 0.154. The Morgan fingerprint density at radius 2 is 1.14 bits per heavy atom.